The van der Waals surface area contributed by atoms with Crippen LogP contribution < -0.4 is 16.4 Å². The number of aliphatic hydroxyl groups excluding tert-OH is 2. The standard InChI is InChI=1S/C27H47N8O17P3/c1-15(34-51-26(2,3)4)7-9-29-17(36)8-10-30-24(39)21(38)27(5,6)12-48-55(45,46)52-54(43,44)47-11-16-20(50-53(40,41)42)19(37)25(49-16)35-14-33-18-22(28)31-13-32-23(18)35/h13-14,16,19-21,25,37-38H,7-12H2,1-6H3,(H,29,36)(H,30,39)(H,43,44)(H,45,46)(H2,28,31,32)(H2,40,41,42)/b34-15+/t16?,19?,20?,21-,25?/m0/s1. The first kappa shape index (κ1) is 46.4. The van der Waals surface area contributed by atoms with E-state index >= 15 is 0 Å². The molecule has 312 valence electrons. The molecule has 2 aromatic heterocycles. The van der Waals surface area contributed by atoms with E-state index in [0.717, 1.165) is 17.2 Å². The Labute approximate surface area is 314 Å². The molecule has 10 N–H and O–H groups in total. The van der Waals surface area contributed by atoms with E-state index in [1.165, 1.54) is 13.8 Å². The van der Waals surface area contributed by atoms with Crippen LogP contribution in [0, 0.1) is 5.41 Å². The number of rotatable bonds is 20. The van der Waals surface area contributed by atoms with Crippen molar-refractivity contribution in [1.82, 2.24) is 30.2 Å². The third kappa shape index (κ3) is 14.5. The van der Waals surface area contributed by atoms with Gasteiger partial charge in [-0.25, -0.2) is 28.6 Å². The number of ether oxygens (including phenoxy) is 1. The molecule has 0 spiro atoms. The maximum atomic E-state index is 12.7. The summed E-state index contributed by atoms with van der Waals surface area (Å²) in [6, 6.07) is 0. The van der Waals surface area contributed by atoms with Crippen LogP contribution in [0.3, 0.4) is 0 Å². The van der Waals surface area contributed by atoms with Crippen molar-refractivity contribution in [2.45, 2.75) is 90.6 Å². The predicted molar refractivity (Wildman–Crippen MR) is 188 cm³/mol. The average Bonchev–Trinajstić information content (AvgIpc) is 3.61. The summed E-state index contributed by atoms with van der Waals surface area (Å²) in [5, 5.41) is 30.4. The number of anilines is 1. The van der Waals surface area contributed by atoms with Gasteiger partial charge in [0.2, 0.25) is 11.8 Å². The Kier molecular flexibility index (Phi) is 15.6. The number of hydrogen-bond acceptors (Lipinski definition) is 18. The molecule has 0 bridgehead atoms. The SMILES string of the molecule is C/C(CCNC(=O)CCNC(=O)[C@H](O)C(C)(C)COP(=O)(O)OP(=O)(O)OCC1OC(n2cnc3c(N)ncnc32)C(O)C1OP(=O)(O)O)=N\OC(C)(C)C. The van der Waals surface area contributed by atoms with Crippen LogP contribution in [0.4, 0.5) is 5.82 Å². The zero-order chi connectivity index (χ0) is 41.6. The van der Waals surface area contributed by atoms with E-state index in [2.05, 4.69) is 39.6 Å². The van der Waals surface area contributed by atoms with Crippen molar-refractivity contribution in [2.75, 3.05) is 32.0 Å². The lowest BCUT2D eigenvalue weighted by atomic mass is 9.87. The number of nitrogens with zero attached hydrogens (tertiary/aromatic N) is 5. The quantitative estimate of drug-likeness (QED) is 0.0480. The average molecular weight is 849 g/mol. The fraction of sp³-hybridized carbons (Fsp3) is 0.704. The molecule has 3 rings (SSSR count). The highest BCUT2D eigenvalue weighted by Gasteiger charge is 2.50. The summed E-state index contributed by atoms with van der Waals surface area (Å²) in [7, 11) is -16.4. The molecule has 0 saturated carbocycles. The number of carbonyl (C=O) groups is 2. The first-order valence-corrected chi connectivity index (χ1v) is 20.8. The smallest absolute Gasteiger partial charge is 0.390 e. The molecule has 3 heterocycles. The van der Waals surface area contributed by atoms with Crippen LogP contribution in [-0.2, 0) is 50.7 Å². The molecule has 55 heavy (non-hydrogen) atoms. The normalized spacial score (nSPS) is 22.5. The number of nitrogen functional groups attached to an aromatic ring is 1. The van der Waals surface area contributed by atoms with E-state index in [1.807, 2.05) is 20.8 Å². The fourth-order valence-electron chi connectivity index (χ4n) is 4.58. The number of amides is 2. The van der Waals surface area contributed by atoms with Crippen LogP contribution in [0.1, 0.15) is 60.6 Å². The van der Waals surface area contributed by atoms with Crippen molar-refractivity contribution in [2.24, 2.45) is 10.6 Å². The number of phosphoric ester groups is 3. The van der Waals surface area contributed by atoms with Crippen molar-refractivity contribution in [3.63, 3.8) is 0 Å². The van der Waals surface area contributed by atoms with E-state index in [9.17, 15) is 53.1 Å². The molecule has 0 radical (unpaired) electrons. The van der Waals surface area contributed by atoms with Crippen LogP contribution >= 0.6 is 23.5 Å². The minimum atomic E-state index is -5.56. The zero-order valence-corrected chi connectivity index (χ0v) is 33.3. The number of fused-ring (bicyclic) bond motifs is 1. The van der Waals surface area contributed by atoms with Crippen LogP contribution in [0.2, 0.25) is 0 Å². The van der Waals surface area contributed by atoms with Crippen LogP contribution in [0.5, 0.6) is 0 Å². The van der Waals surface area contributed by atoms with E-state index < -0.39 is 90.2 Å². The van der Waals surface area contributed by atoms with E-state index in [1.54, 1.807) is 6.92 Å². The molecule has 28 heteroatoms. The van der Waals surface area contributed by atoms with Crippen molar-refractivity contribution in [1.29, 1.82) is 0 Å². The van der Waals surface area contributed by atoms with Gasteiger partial charge in [-0.15, -0.1) is 0 Å². The predicted octanol–water partition coefficient (Wildman–Crippen LogP) is -0.0140. The number of oxime groups is 1. The lowest BCUT2D eigenvalue weighted by Crippen LogP contribution is -2.46. The summed E-state index contributed by atoms with van der Waals surface area (Å²) in [5.41, 5.74) is 4.48. The topological polar surface area (TPSA) is 368 Å². The number of aliphatic hydroxyl groups is 2. The number of phosphoric acid groups is 3. The molecule has 1 aliphatic heterocycles. The Hall–Kier alpha value is -2.99. The van der Waals surface area contributed by atoms with Crippen LogP contribution in [0.15, 0.2) is 17.8 Å². The largest absolute Gasteiger partial charge is 0.481 e. The third-order valence-corrected chi connectivity index (χ3v) is 10.5. The van der Waals surface area contributed by atoms with Crippen molar-refractivity contribution >= 4 is 58.0 Å². The first-order valence-electron chi connectivity index (χ1n) is 16.3. The summed E-state index contributed by atoms with van der Waals surface area (Å²) in [5.74, 6) is -1.40. The van der Waals surface area contributed by atoms with Gasteiger partial charge < -0.3 is 55.7 Å². The van der Waals surface area contributed by atoms with Gasteiger partial charge >= 0.3 is 23.5 Å². The molecule has 1 saturated heterocycles. The second kappa shape index (κ2) is 18.5. The highest BCUT2D eigenvalue weighted by molar-refractivity contribution is 7.61. The van der Waals surface area contributed by atoms with Gasteiger partial charge in [-0.1, -0.05) is 19.0 Å². The fourth-order valence-corrected chi connectivity index (χ4v) is 7.41. The third-order valence-electron chi connectivity index (χ3n) is 7.36. The molecule has 0 aromatic carbocycles. The van der Waals surface area contributed by atoms with Gasteiger partial charge in [0.1, 0.15) is 41.9 Å². The Morgan fingerprint density at radius 2 is 1.65 bits per heavy atom. The van der Waals surface area contributed by atoms with E-state index in [-0.39, 0.29) is 36.5 Å². The summed E-state index contributed by atoms with van der Waals surface area (Å²) in [6.07, 6.45) is -6.43. The minimum absolute atomic E-state index is 0.0338. The van der Waals surface area contributed by atoms with Gasteiger partial charge in [-0.3, -0.25) is 27.7 Å². The highest BCUT2D eigenvalue weighted by Crippen LogP contribution is 2.61. The Balaban J connectivity index is 1.51. The maximum absolute atomic E-state index is 12.7. The number of nitrogens with one attached hydrogen (secondary N) is 2. The zero-order valence-electron chi connectivity index (χ0n) is 30.6. The number of hydrogen-bond donors (Lipinski definition) is 9. The molecule has 6 unspecified atom stereocenters. The summed E-state index contributed by atoms with van der Waals surface area (Å²) < 4.78 is 62.1. The Morgan fingerprint density at radius 1 is 1.02 bits per heavy atom. The summed E-state index contributed by atoms with van der Waals surface area (Å²) >= 11 is 0. The van der Waals surface area contributed by atoms with Gasteiger partial charge in [-0.2, -0.15) is 4.31 Å². The second-order valence-electron chi connectivity index (χ2n) is 13.8. The Bertz CT molecular complexity index is 1830. The number of aromatic nitrogens is 4. The summed E-state index contributed by atoms with van der Waals surface area (Å²) in [4.78, 5) is 80.9. The lowest BCUT2D eigenvalue weighted by molar-refractivity contribution is -0.137. The van der Waals surface area contributed by atoms with Gasteiger partial charge in [0.05, 0.1) is 25.3 Å². The van der Waals surface area contributed by atoms with Crippen molar-refractivity contribution in [3.05, 3.63) is 12.7 Å². The van der Waals surface area contributed by atoms with Crippen molar-refractivity contribution < 1.29 is 80.5 Å². The molecule has 25 nitrogen and oxygen atoms in total. The molecule has 7 atom stereocenters. The number of carbonyl (C=O) groups excluding carboxylic acids is 2. The van der Waals surface area contributed by atoms with Crippen LogP contribution in [0.25, 0.3) is 11.2 Å². The molecule has 1 aliphatic rings. The molecule has 1 fully saturated rings. The lowest BCUT2D eigenvalue weighted by Gasteiger charge is -2.30. The van der Waals surface area contributed by atoms with Crippen LogP contribution in [-0.4, -0.2) is 123 Å². The molecular weight excluding hydrogens is 801 g/mol. The van der Waals surface area contributed by atoms with Gasteiger partial charge in [-0.05, 0) is 27.7 Å². The maximum Gasteiger partial charge on any atom is 0.481 e. The van der Waals surface area contributed by atoms with E-state index in [4.69, 9.17) is 24.4 Å². The molecule has 0 aliphatic carbocycles. The molecular formula is C27H47N8O17P3. The second-order valence-corrected chi connectivity index (χ2v) is 18.1. The van der Waals surface area contributed by atoms with E-state index in [0.29, 0.717) is 12.1 Å². The van der Waals surface area contributed by atoms with Crippen molar-refractivity contribution in [3.8, 4) is 0 Å². The summed E-state index contributed by atoms with van der Waals surface area (Å²) in [6.45, 7) is 7.86. The first-order chi connectivity index (χ1) is 25.2. The molecule has 2 amide bonds. The monoisotopic (exact) mass is 848 g/mol. The number of nitrogens with two attached hydrogens (primary N) is 1. The highest BCUT2D eigenvalue weighted by atomic mass is 31.3. The van der Waals surface area contributed by atoms with Gasteiger partial charge in [0, 0.05) is 31.3 Å². The van der Waals surface area contributed by atoms with Gasteiger partial charge in [0.25, 0.3) is 0 Å². The Morgan fingerprint density at radius 3 is 2.29 bits per heavy atom. The molecule has 2 aromatic rings. The number of imidazole rings is 1. The minimum Gasteiger partial charge on any atom is -0.390 e. The van der Waals surface area contributed by atoms with Gasteiger partial charge in [0.15, 0.2) is 17.7 Å².